The fraction of sp³-hybridized carbons (Fsp3) is 0.462. The standard InChI is InChI=1S/C13H18N2O/c1-3-15(9-8-14)10-13(16)12-6-4-11(2)5-7-12/h4-7,13,16H,3,9-10H2,1-2H3. The maximum atomic E-state index is 9.99. The molecule has 1 aromatic rings. The largest absolute Gasteiger partial charge is 0.387 e. The Bertz CT molecular complexity index is 353. The quantitative estimate of drug-likeness (QED) is 0.767. The van der Waals surface area contributed by atoms with Gasteiger partial charge in [0.2, 0.25) is 0 Å². The lowest BCUT2D eigenvalue weighted by Gasteiger charge is -2.20. The third-order valence-corrected chi connectivity index (χ3v) is 2.63. The third-order valence-electron chi connectivity index (χ3n) is 2.63. The van der Waals surface area contributed by atoms with Crippen LogP contribution in [0, 0.1) is 18.3 Å². The van der Waals surface area contributed by atoms with Crippen LogP contribution < -0.4 is 0 Å². The lowest BCUT2D eigenvalue weighted by Crippen LogP contribution is -2.28. The van der Waals surface area contributed by atoms with Gasteiger partial charge in [0.05, 0.1) is 18.7 Å². The molecule has 86 valence electrons. The highest BCUT2D eigenvalue weighted by Crippen LogP contribution is 2.14. The molecule has 0 spiro atoms. The normalized spacial score (nSPS) is 12.4. The van der Waals surface area contributed by atoms with E-state index >= 15 is 0 Å². The minimum atomic E-state index is -0.520. The van der Waals surface area contributed by atoms with Gasteiger partial charge in [-0.25, -0.2) is 0 Å². The molecule has 0 aliphatic heterocycles. The van der Waals surface area contributed by atoms with Crippen LogP contribution in [0.4, 0.5) is 0 Å². The van der Waals surface area contributed by atoms with Gasteiger partial charge in [0.1, 0.15) is 0 Å². The number of aliphatic hydroxyl groups is 1. The number of aryl methyl sites for hydroxylation is 1. The monoisotopic (exact) mass is 218 g/mol. The van der Waals surface area contributed by atoms with Crippen LogP contribution in [0.1, 0.15) is 24.2 Å². The van der Waals surface area contributed by atoms with Crippen molar-refractivity contribution in [1.82, 2.24) is 4.90 Å². The Hall–Kier alpha value is -1.37. The summed E-state index contributed by atoms with van der Waals surface area (Å²) in [6.45, 7) is 5.65. The lowest BCUT2D eigenvalue weighted by molar-refractivity contribution is 0.123. The summed E-state index contributed by atoms with van der Waals surface area (Å²) >= 11 is 0. The first-order valence-electron chi connectivity index (χ1n) is 5.51. The van der Waals surface area contributed by atoms with Crippen molar-refractivity contribution >= 4 is 0 Å². The molecule has 0 saturated heterocycles. The smallest absolute Gasteiger partial charge is 0.0917 e. The molecule has 0 aliphatic carbocycles. The molecule has 0 bridgehead atoms. The molecule has 3 nitrogen and oxygen atoms in total. The summed E-state index contributed by atoms with van der Waals surface area (Å²) < 4.78 is 0. The van der Waals surface area contributed by atoms with Crippen LogP contribution in [0.2, 0.25) is 0 Å². The molecule has 3 heteroatoms. The van der Waals surface area contributed by atoms with Gasteiger partial charge in [0, 0.05) is 6.54 Å². The molecule has 1 aromatic carbocycles. The van der Waals surface area contributed by atoms with Crippen LogP contribution in [0.3, 0.4) is 0 Å². The van der Waals surface area contributed by atoms with E-state index in [1.165, 1.54) is 5.56 Å². The van der Waals surface area contributed by atoms with Crippen molar-refractivity contribution in [2.24, 2.45) is 0 Å². The van der Waals surface area contributed by atoms with Crippen LogP contribution in [0.25, 0.3) is 0 Å². The number of aliphatic hydroxyl groups excluding tert-OH is 1. The predicted molar refractivity (Wildman–Crippen MR) is 63.9 cm³/mol. The average Bonchev–Trinajstić information content (AvgIpc) is 2.29. The molecule has 1 atom stereocenters. The van der Waals surface area contributed by atoms with Crippen LogP contribution in [0.15, 0.2) is 24.3 Å². The van der Waals surface area contributed by atoms with Crippen molar-refractivity contribution < 1.29 is 5.11 Å². The molecule has 0 heterocycles. The van der Waals surface area contributed by atoms with Crippen molar-refractivity contribution in [1.29, 1.82) is 5.26 Å². The van der Waals surface area contributed by atoms with E-state index in [1.54, 1.807) is 0 Å². The highest BCUT2D eigenvalue weighted by atomic mass is 16.3. The first-order chi connectivity index (χ1) is 7.67. The Kier molecular flexibility index (Phi) is 4.97. The molecule has 0 saturated carbocycles. The molecule has 0 fully saturated rings. The van der Waals surface area contributed by atoms with Crippen molar-refractivity contribution in [2.45, 2.75) is 20.0 Å². The zero-order chi connectivity index (χ0) is 12.0. The van der Waals surface area contributed by atoms with Crippen molar-refractivity contribution in [3.63, 3.8) is 0 Å². The SMILES string of the molecule is CCN(CC#N)CC(O)c1ccc(C)cc1. The number of nitrogens with zero attached hydrogens (tertiary/aromatic N) is 2. The number of nitriles is 1. The van der Waals surface area contributed by atoms with Gasteiger partial charge in [-0.15, -0.1) is 0 Å². The zero-order valence-electron chi connectivity index (χ0n) is 9.85. The summed E-state index contributed by atoms with van der Waals surface area (Å²) in [7, 11) is 0. The summed E-state index contributed by atoms with van der Waals surface area (Å²) in [5.41, 5.74) is 2.09. The molecule has 16 heavy (non-hydrogen) atoms. The number of rotatable bonds is 5. The summed E-state index contributed by atoms with van der Waals surface area (Å²) in [6.07, 6.45) is -0.520. The summed E-state index contributed by atoms with van der Waals surface area (Å²) in [4.78, 5) is 1.92. The van der Waals surface area contributed by atoms with Crippen LogP contribution in [-0.4, -0.2) is 29.6 Å². The van der Waals surface area contributed by atoms with Gasteiger partial charge in [0.15, 0.2) is 0 Å². The van der Waals surface area contributed by atoms with Gasteiger partial charge in [0.25, 0.3) is 0 Å². The molecular formula is C13H18N2O. The fourth-order valence-electron chi connectivity index (χ4n) is 1.54. The number of benzene rings is 1. The van der Waals surface area contributed by atoms with Crippen molar-refractivity contribution in [3.8, 4) is 6.07 Å². The van der Waals surface area contributed by atoms with E-state index in [2.05, 4.69) is 6.07 Å². The predicted octanol–water partition coefficient (Wildman–Crippen LogP) is 1.87. The Morgan fingerprint density at radius 2 is 2.00 bits per heavy atom. The maximum absolute atomic E-state index is 9.99. The van der Waals surface area contributed by atoms with Gasteiger partial charge < -0.3 is 5.11 Å². The Labute approximate surface area is 96.9 Å². The third kappa shape index (κ3) is 3.65. The summed E-state index contributed by atoms with van der Waals surface area (Å²) in [5.74, 6) is 0. The average molecular weight is 218 g/mol. The van der Waals surface area contributed by atoms with E-state index in [1.807, 2.05) is 43.0 Å². The van der Waals surface area contributed by atoms with E-state index in [4.69, 9.17) is 5.26 Å². The van der Waals surface area contributed by atoms with E-state index < -0.39 is 6.10 Å². The van der Waals surface area contributed by atoms with Crippen LogP contribution in [0.5, 0.6) is 0 Å². The van der Waals surface area contributed by atoms with Crippen molar-refractivity contribution in [2.75, 3.05) is 19.6 Å². The fourth-order valence-corrected chi connectivity index (χ4v) is 1.54. The van der Waals surface area contributed by atoms with Gasteiger partial charge >= 0.3 is 0 Å². The molecule has 1 unspecified atom stereocenters. The minimum absolute atomic E-state index is 0.361. The maximum Gasteiger partial charge on any atom is 0.0917 e. The molecule has 0 radical (unpaired) electrons. The number of likely N-dealkylation sites (N-methyl/N-ethyl adjacent to an activating group) is 1. The van der Waals surface area contributed by atoms with E-state index in [-0.39, 0.29) is 0 Å². The highest BCUT2D eigenvalue weighted by molar-refractivity contribution is 5.23. The molecule has 0 aromatic heterocycles. The first kappa shape index (κ1) is 12.7. The van der Waals surface area contributed by atoms with E-state index in [0.717, 1.165) is 12.1 Å². The van der Waals surface area contributed by atoms with Gasteiger partial charge in [-0.1, -0.05) is 36.8 Å². The van der Waals surface area contributed by atoms with E-state index in [0.29, 0.717) is 13.1 Å². The number of hydrogen-bond acceptors (Lipinski definition) is 3. The van der Waals surface area contributed by atoms with Crippen LogP contribution in [-0.2, 0) is 0 Å². The minimum Gasteiger partial charge on any atom is -0.387 e. The summed E-state index contributed by atoms with van der Waals surface area (Å²) in [5, 5.41) is 18.6. The number of hydrogen-bond donors (Lipinski definition) is 1. The van der Waals surface area contributed by atoms with Crippen LogP contribution >= 0.6 is 0 Å². The molecule has 1 N–H and O–H groups in total. The Morgan fingerprint density at radius 1 is 1.38 bits per heavy atom. The second-order valence-electron chi connectivity index (χ2n) is 3.91. The molecule has 0 aliphatic rings. The zero-order valence-corrected chi connectivity index (χ0v) is 9.85. The van der Waals surface area contributed by atoms with E-state index in [9.17, 15) is 5.11 Å². The summed E-state index contributed by atoms with van der Waals surface area (Å²) in [6, 6.07) is 9.93. The Morgan fingerprint density at radius 3 is 2.50 bits per heavy atom. The van der Waals surface area contributed by atoms with Gasteiger partial charge in [-0.2, -0.15) is 5.26 Å². The second kappa shape index (κ2) is 6.26. The van der Waals surface area contributed by atoms with Gasteiger partial charge in [-0.3, -0.25) is 4.90 Å². The molecule has 1 rings (SSSR count). The molecular weight excluding hydrogens is 200 g/mol. The lowest BCUT2D eigenvalue weighted by atomic mass is 10.1. The van der Waals surface area contributed by atoms with Crippen molar-refractivity contribution in [3.05, 3.63) is 35.4 Å². The first-order valence-corrected chi connectivity index (χ1v) is 5.51. The topological polar surface area (TPSA) is 47.3 Å². The molecule has 0 amide bonds. The highest BCUT2D eigenvalue weighted by Gasteiger charge is 2.11. The second-order valence-corrected chi connectivity index (χ2v) is 3.91. The Balaban J connectivity index is 2.60. The van der Waals surface area contributed by atoms with Gasteiger partial charge in [-0.05, 0) is 19.0 Å².